The molecule has 2 aliphatic rings. The average Bonchev–Trinajstić information content (AvgIpc) is 3.32. The van der Waals surface area contributed by atoms with Crippen molar-refractivity contribution in [3.8, 4) is 0 Å². The second kappa shape index (κ2) is 14.4. The molecule has 2 aromatic rings. The van der Waals surface area contributed by atoms with E-state index in [1.807, 2.05) is 36.4 Å². The van der Waals surface area contributed by atoms with E-state index in [2.05, 4.69) is 0 Å². The Morgan fingerprint density at radius 2 is 1.61 bits per heavy atom. The van der Waals surface area contributed by atoms with Crippen LogP contribution in [0.15, 0.2) is 65.6 Å². The van der Waals surface area contributed by atoms with Crippen LogP contribution in [0.1, 0.15) is 55.8 Å². The van der Waals surface area contributed by atoms with Gasteiger partial charge in [0.2, 0.25) is 11.0 Å². The number of nitrogens with two attached hydrogens (primary N) is 1. The predicted molar refractivity (Wildman–Crippen MR) is 147 cm³/mol. The van der Waals surface area contributed by atoms with E-state index in [9.17, 15) is 19.5 Å². The Labute approximate surface area is 222 Å². The lowest BCUT2D eigenvalue weighted by Crippen LogP contribution is -2.43. The zero-order valence-corrected chi connectivity index (χ0v) is 22.4. The molecule has 0 aromatic heterocycles. The van der Waals surface area contributed by atoms with Crippen LogP contribution < -0.4 is 5.73 Å². The number of likely N-dealkylation sites (tertiary alicyclic amines) is 1. The molecule has 6 nitrogen and oxygen atoms in total. The Morgan fingerprint density at radius 3 is 2.17 bits per heavy atom. The molecule has 2 fully saturated rings. The molecule has 3 N–H and O–H groups in total. The molecule has 2 aromatic carbocycles. The molecule has 1 saturated heterocycles. The van der Waals surface area contributed by atoms with Gasteiger partial charge < -0.3 is 15.7 Å². The highest BCUT2D eigenvalue weighted by Crippen LogP contribution is 2.34. The summed E-state index contributed by atoms with van der Waals surface area (Å²) >= 11 is 2.70. The number of hydrogen-bond donors (Lipinski definition) is 2. The fourth-order valence-electron chi connectivity index (χ4n) is 4.40. The standard InChI is InChI=1S/C22H23NO4S2.C6H13N/c1-15(14-28-22(27)16-8-4-2-5-9-16)20(24)23-13-18(12-19(23)21(25)26)29-17-10-6-3-7-11-17;7-6-4-2-1-3-5-6/h2-11,15,18-19H,12-14H2,1H3,(H,25,26);6H,1-5,7H2/t15?,18-,19-;/m0./s1. The van der Waals surface area contributed by atoms with Gasteiger partial charge in [-0.25, -0.2) is 4.79 Å². The summed E-state index contributed by atoms with van der Waals surface area (Å²) < 4.78 is 0. The number of carbonyl (C=O) groups is 3. The van der Waals surface area contributed by atoms with Crippen molar-refractivity contribution in [3.63, 3.8) is 0 Å². The van der Waals surface area contributed by atoms with Gasteiger partial charge in [-0.15, -0.1) is 11.8 Å². The summed E-state index contributed by atoms with van der Waals surface area (Å²) in [6, 6.07) is 18.4. The fraction of sp³-hybridized carbons (Fsp3) is 0.464. The number of carboxylic acids is 1. The van der Waals surface area contributed by atoms with Gasteiger partial charge >= 0.3 is 5.97 Å². The van der Waals surface area contributed by atoms with Crippen LogP contribution >= 0.6 is 23.5 Å². The molecule has 36 heavy (non-hydrogen) atoms. The van der Waals surface area contributed by atoms with Gasteiger partial charge in [0.1, 0.15) is 6.04 Å². The second-order valence-corrected chi connectivity index (χ2v) is 11.8. The number of rotatable bonds is 7. The third-order valence-corrected chi connectivity index (χ3v) is 8.81. The van der Waals surface area contributed by atoms with Crippen molar-refractivity contribution in [2.45, 2.75) is 67.7 Å². The van der Waals surface area contributed by atoms with Crippen LogP contribution in [0.3, 0.4) is 0 Å². The van der Waals surface area contributed by atoms with Crippen LogP contribution in [0.4, 0.5) is 0 Å². The highest BCUT2D eigenvalue weighted by molar-refractivity contribution is 8.14. The average molecular weight is 529 g/mol. The Hall–Kier alpha value is -2.29. The van der Waals surface area contributed by atoms with Crippen molar-refractivity contribution in [2.75, 3.05) is 12.3 Å². The summed E-state index contributed by atoms with van der Waals surface area (Å²) in [6.45, 7) is 2.15. The maximum absolute atomic E-state index is 12.9. The lowest BCUT2D eigenvalue weighted by Gasteiger charge is -2.24. The van der Waals surface area contributed by atoms with Gasteiger partial charge in [-0.1, -0.05) is 86.5 Å². The summed E-state index contributed by atoms with van der Waals surface area (Å²) in [6.07, 6.45) is 7.08. The number of thioether (sulfide) groups is 2. The van der Waals surface area contributed by atoms with E-state index >= 15 is 0 Å². The zero-order chi connectivity index (χ0) is 25.9. The smallest absolute Gasteiger partial charge is 0.326 e. The van der Waals surface area contributed by atoms with E-state index in [1.165, 1.54) is 37.0 Å². The van der Waals surface area contributed by atoms with Crippen LogP contribution in [0.5, 0.6) is 0 Å². The highest BCUT2D eigenvalue weighted by Gasteiger charge is 2.41. The molecule has 0 bridgehead atoms. The molecular formula is C28H36N2O4S2. The minimum atomic E-state index is -0.977. The maximum Gasteiger partial charge on any atom is 0.326 e. The van der Waals surface area contributed by atoms with Gasteiger partial charge in [-0.3, -0.25) is 9.59 Å². The first-order chi connectivity index (χ1) is 17.3. The third-order valence-electron chi connectivity index (χ3n) is 6.42. The minimum Gasteiger partial charge on any atom is -0.480 e. The second-order valence-electron chi connectivity index (χ2n) is 9.40. The van der Waals surface area contributed by atoms with Crippen molar-refractivity contribution >= 4 is 40.5 Å². The number of benzene rings is 2. The first-order valence-corrected chi connectivity index (χ1v) is 14.4. The largest absolute Gasteiger partial charge is 0.480 e. The van der Waals surface area contributed by atoms with Crippen molar-refractivity contribution < 1.29 is 19.5 Å². The molecule has 1 heterocycles. The molecule has 0 radical (unpaired) electrons. The Balaban J connectivity index is 0.000000444. The van der Waals surface area contributed by atoms with Gasteiger partial charge in [0.25, 0.3) is 0 Å². The molecule has 0 spiro atoms. The number of carboxylic acid groups (broad SMARTS) is 1. The quantitative estimate of drug-likeness (QED) is 0.502. The van der Waals surface area contributed by atoms with Crippen LogP contribution in [-0.2, 0) is 9.59 Å². The third kappa shape index (κ3) is 8.68. The first-order valence-electron chi connectivity index (χ1n) is 12.6. The van der Waals surface area contributed by atoms with E-state index in [-0.39, 0.29) is 16.3 Å². The number of carbonyl (C=O) groups excluding carboxylic acids is 2. The molecule has 1 unspecified atom stereocenters. The van der Waals surface area contributed by atoms with Crippen molar-refractivity contribution in [2.24, 2.45) is 11.7 Å². The predicted octanol–water partition coefficient (Wildman–Crippen LogP) is 5.32. The summed E-state index contributed by atoms with van der Waals surface area (Å²) in [4.78, 5) is 39.5. The molecule has 4 rings (SSSR count). The Bertz CT molecular complexity index is 984. The van der Waals surface area contributed by atoms with Gasteiger partial charge in [0.15, 0.2) is 0 Å². The number of nitrogens with zero attached hydrogens (tertiary/aromatic N) is 1. The highest BCUT2D eigenvalue weighted by atomic mass is 32.2. The number of aliphatic carboxylic acids is 1. The van der Waals surface area contributed by atoms with Crippen LogP contribution in [-0.4, -0.2) is 56.6 Å². The summed E-state index contributed by atoms with van der Waals surface area (Å²) in [5.74, 6) is -1.29. The SMILES string of the molecule is CC(CSC(=O)c1ccccc1)C(=O)N1C[C@@H](Sc2ccccc2)C[C@H]1C(=O)O.NC1CCCCC1. The van der Waals surface area contributed by atoms with Crippen molar-refractivity contribution in [1.82, 2.24) is 4.90 Å². The van der Waals surface area contributed by atoms with Crippen molar-refractivity contribution in [1.29, 1.82) is 0 Å². The fourth-order valence-corrected chi connectivity index (χ4v) is 6.46. The van der Waals surface area contributed by atoms with E-state index in [0.717, 1.165) is 16.7 Å². The molecule has 1 aliphatic carbocycles. The van der Waals surface area contributed by atoms with Crippen LogP contribution in [0.2, 0.25) is 0 Å². The summed E-state index contributed by atoms with van der Waals surface area (Å²) in [5.41, 5.74) is 6.23. The lowest BCUT2D eigenvalue weighted by molar-refractivity contribution is -0.149. The van der Waals surface area contributed by atoms with Gasteiger partial charge in [0, 0.05) is 40.0 Å². The van der Waals surface area contributed by atoms with Gasteiger partial charge in [-0.05, 0) is 31.4 Å². The Morgan fingerprint density at radius 1 is 1.00 bits per heavy atom. The normalized spacial score (nSPS) is 20.8. The van der Waals surface area contributed by atoms with Crippen LogP contribution in [0, 0.1) is 5.92 Å². The molecule has 3 atom stereocenters. The molecule has 1 saturated carbocycles. The summed E-state index contributed by atoms with van der Waals surface area (Å²) in [5, 5.41) is 9.55. The molecule has 8 heteroatoms. The van der Waals surface area contributed by atoms with Crippen LogP contribution in [0.25, 0.3) is 0 Å². The topological polar surface area (TPSA) is 101 Å². The monoisotopic (exact) mass is 528 g/mol. The molecule has 1 aliphatic heterocycles. The van der Waals surface area contributed by atoms with E-state index in [0.29, 0.717) is 30.3 Å². The molecule has 1 amide bonds. The van der Waals surface area contributed by atoms with E-state index in [1.54, 1.807) is 43.0 Å². The first kappa shape index (κ1) is 28.3. The zero-order valence-electron chi connectivity index (χ0n) is 20.8. The minimum absolute atomic E-state index is 0.0354. The van der Waals surface area contributed by atoms with Gasteiger partial charge in [0.05, 0.1) is 0 Å². The summed E-state index contributed by atoms with van der Waals surface area (Å²) in [7, 11) is 0. The van der Waals surface area contributed by atoms with E-state index < -0.39 is 17.9 Å². The molecule has 194 valence electrons. The van der Waals surface area contributed by atoms with Gasteiger partial charge in [-0.2, -0.15) is 0 Å². The van der Waals surface area contributed by atoms with Crippen molar-refractivity contribution in [3.05, 3.63) is 66.2 Å². The maximum atomic E-state index is 12.9. The Kier molecular flexibility index (Phi) is 11.4. The lowest BCUT2D eigenvalue weighted by atomic mass is 9.97. The van der Waals surface area contributed by atoms with E-state index in [4.69, 9.17) is 5.73 Å². The molecular weight excluding hydrogens is 492 g/mol. The number of amides is 1. The number of hydrogen-bond acceptors (Lipinski definition) is 6.